The van der Waals surface area contributed by atoms with E-state index in [-0.39, 0.29) is 0 Å². The van der Waals surface area contributed by atoms with Crippen LogP contribution < -0.4 is 5.32 Å². The van der Waals surface area contributed by atoms with Crippen molar-refractivity contribution in [3.05, 3.63) is 0 Å². The molecule has 2 nitrogen and oxygen atoms in total. The monoisotopic (exact) mass is 183 g/mol. The molecule has 2 rings (SSSR count). The van der Waals surface area contributed by atoms with Gasteiger partial charge in [0.15, 0.2) is 0 Å². The molecule has 0 aromatic heterocycles. The zero-order valence-electron chi connectivity index (χ0n) is 8.59. The number of hydrogen-bond donors (Lipinski definition) is 1. The minimum atomic E-state index is 0.579. The highest BCUT2D eigenvalue weighted by Gasteiger charge is 2.35. The summed E-state index contributed by atoms with van der Waals surface area (Å²) in [5, 5.41) is 3.28. The van der Waals surface area contributed by atoms with Crippen LogP contribution in [0.2, 0.25) is 0 Å². The quantitative estimate of drug-likeness (QED) is 0.720. The van der Waals surface area contributed by atoms with Crippen molar-refractivity contribution in [1.29, 1.82) is 0 Å². The molecule has 13 heavy (non-hydrogen) atoms. The van der Waals surface area contributed by atoms with Crippen LogP contribution in [-0.2, 0) is 4.74 Å². The molecule has 1 saturated heterocycles. The van der Waals surface area contributed by atoms with Gasteiger partial charge < -0.3 is 10.1 Å². The predicted octanol–water partition coefficient (Wildman–Crippen LogP) is 1.80. The fourth-order valence-electron chi connectivity index (χ4n) is 2.94. The second-order valence-electron chi connectivity index (χ2n) is 4.49. The van der Waals surface area contributed by atoms with Crippen LogP contribution in [0, 0.1) is 11.8 Å². The van der Waals surface area contributed by atoms with Crippen LogP contribution in [-0.4, -0.2) is 26.3 Å². The van der Waals surface area contributed by atoms with E-state index in [1.54, 1.807) is 0 Å². The van der Waals surface area contributed by atoms with Crippen molar-refractivity contribution >= 4 is 0 Å². The second kappa shape index (κ2) is 4.43. The maximum absolute atomic E-state index is 5.86. The molecular formula is C11H21NO. The maximum Gasteiger partial charge on any atom is 0.0644 e. The van der Waals surface area contributed by atoms with E-state index in [1.807, 2.05) is 7.05 Å². The summed E-state index contributed by atoms with van der Waals surface area (Å²) in [7, 11) is 2.05. The van der Waals surface area contributed by atoms with Gasteiger partial charge in [-0.05, 0) is 38.1 Å². The number of rotatable bonds is 3. The van der Waals surface area contributed by atoms with Gasteiger partial charge in [0.05, 0.1) is 6.10 Å². The van der Waals surface area contributed by atoms with Gasteiger partial charge in [0.25, 0.3) is 0 Å². The standard InChI is InChI=1S/C11H21NO/c1-12-8-10-6-7-13-11(10)9-4-2-3-5-9/h9-12H,2-8H2,1H3. The minimum Gasteiger partial charge on any atom is -0.378 e. The summed E-state index contributed by atoms with van der Waals surface area (Å²) in [5.74, 6) is 1.66. The van der Waals surface area contributed by atoms with Crippen molar-refractivity contribution in [1.82, 2.24) is 5.32 Å². The van der Waals surface area contributed by atoms with E-state index in [4.69, 9.17) is 4.74 Å². The third-order valence-corrected chi connectivity index (χ3v) is 3.59. The molecule has 1 aliphatic carbocycles. The predicted molar refractivity (Wildman–Crippen MR) is 53.7 cm³/mol. The lowest BCUT2D eigenvalue weighted by Gasteiger charge is -2.23. The van der Waals surface area contributed by atoms with E-state index in [9.17, 15) is 0 Å². The van der Waals surface area contributed by atoms with Gasteiger partial charge in [-0.1, -0.05) is 12.8 Å². The Morgan fingerprint density at radius 3 is 2.69 bits per heavy atom. The fourth-order valence-corrected chi connectivity index (χ4v) is 2.94. The zero-order valence-corrected chi connectivity index (χ0v) is 8.59. The van der Waals surface area contributed by atoms with E-state index < -0.39 is 0 Å². The molecule has 2 unspecified atom stereocenters. The van der Waals surface area contributed by atoms with Gasteiger partial charge in [-0.2, -0.15) is 0 Å². The first kappa shape index (κ1) is 9.47. The van der Waals surface area contributed by atoms with Crippen molar-refractivity contribution in [2.45, 2.75) is 38.2 Å². The molecule has 0 aromatic carbocycles. The normalized spacial score (nSPS) is 35.8. The molecular weight excluding hydrogens is 162 g/mol. The Balaban J connectivity index is 1.88. The highest BCUT2D eigenvalue weighted by atomic mass is 16.5. The van der Waals surface area contributed by atoms with Gasteiger partial charge in [-0.3, -0.25) is 0 Å². The fraction of sp³-hybridized carbons (Fsp3) is 1.00. The van der Waals surface area contributed by atoms with Gasteiger partial charge in [0, 0.05) is 13.2 Å². The molecule has 76 valence electrons. The van der Waals surface area contributed by atoms with Crippen LogP contribution >= 0.6 is 0 Å². The summed E-state index contributed by atoms with van der Waals surface area (Å²) in [5.41, 5.74) is 0. The summed E-state index contributed by atoms with van der Waals surface area (Å²) in [6.45, 7) is 2.13. The topological polar surface area (TPSA) is 21.3 Å². The van der Waals surface area contributed by atoms with E-state index in [1.165, 1.54) is 32.1 Å². The smallest absolute Gasteiger partial charge is 0.0644 e. The van der Waals surface area contributed by atoms with Crippen LogP contribution in [0.25, 0.3) is 0 Å². The van der Waals surface area contributed by atoms with Gasteiger partial charge in [-0.15, -0.1) is 0 Å². The Morgan fingerprint density at radius 1 is 1.23 bits per heavy atom. The molecule has 1 saturated carbocycles. The Kier molecular flexibility index (Phi) is 3.23. The Hall–Kier alpha value is -0.0800. The molecule has 0 radical (unpaired) electrons. The molecule has 1 aliphatic heterocycles. The van der Waals surface area contributed by atoms with Crippen LogP contribution in [0.3, 0.4) is 0 Å². The van der Waals surface area contributed by atoms with E-state index in [0.29, 0.717) is 6.10 Å². The van der Waals surface area contributed by atoms with Crippen LogP contribution in [0.4, 0.5) is 0 Å². The number of ether oxygens (including phenoxy) is 1. The zero-order chi connectivity index (χ0) is 9.10. The first-order valence-corrected chi connectivity index (χ1v) is 5.68. The van der Waals surface area contributed by atoms with E-state index in [0.717, 1.165) is 25.0 Å². The van der Waals surface area contributed by atoms with E-state index in [2.05, 4.69) is 5.32 Å². The van der Waals surface area contributed by atoms with Crippen molar-refractivity contribution in [3.8, 4) is 0 Å². The van der Waals surface area contributed by atoms with Crippen molar-refractivity contribution in [2.75, 3.05) is 20.2 Å². The van der Waals surface area contributed by atoms with Crippen molar-refractivity contribution in [3.63, 3.8) is 0 Å². The molecule has 0 bridgehead atoms. The average Bonchev–Trinajstić information content (AvgIpc) is 2.71. The van der Waals surface area contributed by atoms with E-state index >= 15 is 0 Å². The molecule has 0 spiro atoms. The Morgan fingerprint density at radius 2 is 2.00 bits per heavy atom. The highest BCUT2D eigenvalue weighted by Crippen LogP contribution is 2.36. The third-order valence-electron chi connectivity index (χ3n) is 3.59. The molecule has 1 heterocycles. The Bertz CT molecular complexity index is 154. The van der Waals surface area contributed by atoms with Crippen LogP contribution in [0.15, 0.2) is 0 Å². The summed E-state index contributed by atoms with van der Waals surface area (Å²) in [6.07, 6.45) is 7.51. The second-order valence-corrected chi connectivity index (χ2v) is 4.49. The summed E-state index contributed by atoms with van der Waals surface area (Å²) in [6, 6.07) is 0. The first-order chi connectivity index (χ1) is 6.42. The van der Waals surface area contributed by atoms with Gasteiger partial charge in [0.2, 0.25) is 0 Å². The van der Waals surface area contributed by atoms with Crippen molar-refractivity contribution < 1.29 is 4.74 Å². The summed E-state index contributed by atoms with van der Waals surface area (Å²) < 4.78 is 5.86. The first-order valence-electron chi connectivity index (χ1n) is 5.68. The molecule has 2 aliphatic rings. The molecule has 2 heteroatoms. The molecule has 1 N–H and O–H groups in total. The third kappa shape index (κ3) is 2.05. The number of nitrogens with one attached hydrogen (secondary N) is 1. The average molecular weight is 183 g/mol. The molecule has 2 atom stereocenters. The molecule has 0 aromatic rings. The lowest BCUT2D eigenvalue weighted by molar-refractivity contribution is 0.0440. The lowest BCUT2D eigenvalue weighted by atomic mass is 9.89. The summed E-state index contributed by atoms with van der Waals surface area (Å²) >= 11 is 0. The molecule has 0 amide bonds. The summed E-state index contributed by atoms with van der Waals surface area (Å²) in [4.78, 5) is 0. The van der Waals surface area contributed by atoms with Crippen molar-refractivity contribution in [2.24, 2.45) is 11.8 Å². The van der Waals surface area contributed by atoms with Crippen LogP contribution in [0.1, 0.15) is 32.1 Å². The SMILES string of the molecule is CNCC1CCOC1C1CCCC1. The maximum atomic E-state index is 5.86. The van der Waals surface area contributed by atoms with Gasteiger partial charge >= 0.3 is 0 Å². The van der Waals surface area contributed by atoms with Gasteiger partial charge in [0.1, 0.15) is 0 Å². The van der Waals surface area contributed by atoms with Crippen LogP contribution in [0.5, 0.6) is 0 Å². The lowest BCUT2D eigenvalue weighted by Crippen LogP contribution is -2.31. The minimum absolute atomic E-state index is 0.579. The largest absolute Gasteiger partial charge is 0.378 e. The molecule has 2 fully saturated rings. The highest BCUT2D eigenvalue weighted by molar-refractivity contribution is 4.85. The van der Waals surface area contributed by atoms with Gasteiger partial charge in [-0.25, -0.2) is 0 Å². The number of hydrogen-bond acceptors (Lipinski definition) is 2. The Labute approximate surface area is 81.0 Å².